The molecular weight excluding hydrogens is 306 g/mol. The third-order valence-electron chi connectivity index (χ3n) is 3.35. The van der Waals surface area contributed by atoms with E-state index in [1.54, 1.807) is 6.92 Å². The zero-order valence-electron chi connectivity index (χ0n) is 11.9. The van der Waals surface area contributed by atoms with Gasteiger partial charge in [0.15, 0.2) is 23.3 Å². The number of aliphatic hydroxyl groups is 1. The Balaban J connectivity index is 2.42. The normalized spacial score (nSPS) is 23.0. The fourth-order valence-electron chi connectivity index (χ4n) is 2.17. The Hall–Kier alpha value is -1.67. The van der Waals surface area contributed by atoms with E-state index in [4.69, 9.17) is 9.47 Å². The lowest BCUT2D eigenvalue weighted by molar-refractivity contribution is -0.0501. The summed E-state index contributed by atoms with van der Waals surface area (Å²) in [4.78, 5) is 3.94. The lowest BCUT2D eigenvalue weighted by Crippen LogP contribution is -2.33. The summed E-state index contributed by atoms with van der Waals surface area (Å²) in [6, 6.07) is -0.461. The van der Waals surface area contributed by atoms with Crippen molar-refractivity contribution in [2.24, 2.45) is 4.99 Å². The molecule has 1 heterocycles. The first-order valence-corrected chi connectivity index (χ1v) is 6.62. The largest absolute Gasteiger partial charge is 0.448 e. The zero-order chi connectivity index (χ0) is 16.4. The molecule has 0 radical (unpaired) electrons. The van der Waals surface area contributed by atoms with Gasteiger partial charge in [-0.05, 0) is 13.3 Å². The van der Waals surface area contributed by atoms with Crippen LogP contribution in [-0.4, -0.2) is 36.5 Å². The molecule has 122 valence electrons. The summed E-state index contributed by atoms with van der Waals surface area (Å²) in [7, 11) is 1.48. The monoisotopic (exact) mass is 321 g/mol. The number of nitrogens with zero attached hydrogens (tertiary/aromatic N) is 1. The first-order chi connectivity index (χ1) is 10.3. The summed E-state index contributed by atoms with van der Waals surface area (Å²) in [5.74, 6) is -7.04. The van der Waals surface area contributed by atoms with Crippen LogP contribution < -0.4 is 0 Å². The molecule has 1 aliphatic rings. The molecule has 4 nitrogen and oxygen atoms in total. The molecule has 0 fully saturated rings. The van der Waals surface area contributed by atoms with Gasteiger partial charge in [0.25, 0.3) is 0 Å². The Bertz CT molecular complexity index is 568. The number of ether oxygens (including phenoxy) is 2. The summed E-state index contributed by atoms with van der Waals surface area (Å²) < 4.78 is 63.9. The highest BCUT2D eigenvalue weighted by molar-refractivity contribution is 5.95. The molecule has 0 spiro atoms. The van der Waals surface area contributed by atoms with Crippen molar-refractivity contribution in [1.29, 1.82) is 0 Å². The smallest absolute Gasteiger partial charge is 0.225 e. The van der Waals surface area contributed by atoms with Crippen molar-refractivity contribution >= 4 is 5.90 Å². The van der Waals surface area contributed by atoms with Gasteiger partial charge in [-0.1, -0.05) is 0 Å². The fraction of sp³-hybridized carbons (Fsp3) is 0.500. The van der Waals surface area contributed by atoms with Crippen molar-refractivity contribution in [3.05, 3.63) is 34.9 Å². The van der Waals surface area contributed by atoms with Crippen LogP contribution in [0.5, 0.6) is 0 Å². The molecule has 3 unspecified atom stereocenters. The summed E-state index contributed by atoms with van der Waals surface area (Å²) in [5.41, 5.74) is -1.06. The van der Waals surface area contributed by atoms with Crippen LogP contribution in [0.2, 0.25) is 0 Å². The average Bonchev–Trinajstić information content (AvgIpc) is 2.45. The minimum absolute atomic E-state index is 0.0816. The Morgan fingerprint density at radius 2 is 1.91 bits per heavy atom. The van der Waals surface area contributed by atoms with E-state index in [0.717, 1.165) is 0 Å². The molecule has 1 N–H and O–H groups in total. The van der Waals surface area contributed by atoms with Crippen LogP contribution in [-0.2, 0) is 9.47 Å². The van der Waals surface area contributed by atoms with Crippen molar-refractivity contribution in [2.45, 2.75) is 38.2 Å². The molecule has 0 amide bonds. The van der Waals surface area contributed by atoms with E-state index in [0.29, 0.717) is 6.42 Å². The molecule has 1 aromatic carbocycles. The van der Waals surface area contributed by atoms with Gasteiger partial charge in [0.1, 0.15) is 5.56 Å². The molecule has 0 saturated heterocycles. The SMILES string of the molecule is COC(C)CC1CC(O)OC(c2c(F)c(F)cc(F)c2F)=N1. The van der Waals surface area contributed by atoms with Gasteiger partial charge in [0.05, 0.1) is 12.1 Å². The number of methoxy groups -OCH3 is 1. The fourth-order valence-corrected chi connectivity index (χ4v) is 2.17. The van der Waals surface area contributed by atoms with Gasteiger partial charge in [-0.15, -0.1) is 0 Å². The lowest BCUT2D eigenvalue weighted by atomic mass is 10.0. The second-order valence-electron chi connectivity index (χ2n) is 5.02. The van der Waals surface area contributed by atoms with Crippen LogP contribution >= 0.6 is 0 Å². The summed E-state index contributed by atoms with van der Waals surface area (Å²) in [5, 5.41) is 9.64. The number of halogens is 4. The average molecular weight is 321 g/mol. The standard InChI is InChI=1S/C14H15F4NO3/c1-6(21-2)3-7-4-10(20)22-14(19-7)11-12(17)8(15)5-9(16)13(11)18/h5-7,10,20H,3-4H2,1-2H3. The van der Waals surface area contributed by atoms with Gasteiger partial charge < -0.3 is 14.6 Å². The number of hydrogen-bond donors (Lipinski definition) is 1. The first kappa shape index (κ1) is 16.7. The molecule has 22 heavy (non-hydrogen) atoms. The number of aliphatic imine (C=N–C) groups is 1. The molecule has 0 aromatic heterocycles. The van der Waals surface area contributed by atoms with Crippen LogP contribution in [0.1, 0.15) is 25.3 Å². The quantitative estimate of drug-likeness (QED) is 0.685. The molecule has 2 rings (SSSR count). The van der Waals surface area contributed by atoms with Crippen molar-refractivity contribution < 1.29 is 32.1 Å². The number of rotatable bonds is 4. The van der Waals surface area contributed by atoms with Gasteiger partial charge in [-0.25, -0.2) is 22.6 Å². The van der Waals surface area contributed by atoms with Crippen LogP contribution in [0, 0.1) is 23.3 Å². The number of benzene rings is 1. The van der Waals surface area contributed by atoms with E-state index >= 15 is 0 Å². The molecule has 3 atom stereocenters. The Morgan fingerprint density at radius 3 is 2.45 bits per heavy atom. The lowest BCUT2D eigenvalue weighted by Gasteiger charge is -2.27. The summed E-state index contributed by atoms with van der Waals surface area (Å²) >= 11 is 0. The molecule has 0 aliphatic carbocycles. The van der Waals surface area contributed by atoms with Gasteiger partial charge in [-0.3, -0.25) is 0 Å². The third kappa shape index (κ3) is 3.38. The maximum Gasteiger partial charge on any atom is 0.225 e. The van der Waals surface area contributed by atoms with Crippen molar-refractivity contribution in [1.82, 2.24) is 0 Å². The van der Waals surface area contributed by atoms with E-state index in [1.165, 1.54) is 7.11 Å². The van der Waals surface area contributed by atoms with E-state index in [9.17, 15) is 22.7 Å². The van der Waals surface area contributed by atoms with Gasteiger partial charge in [0, 0.05) is 19.6 Å². The van der Waals surface area contributed by atoms with Crippen LogP contribution in [0.25, 0.3) is 0 Å². The minimum atomic E-state index is -1.62. The van der Waals surface area contributed by atoms with E-state index in [-0.39, 0.29) is 18.6 Å². The summed E-state index contributed by atoms with van der Waals surface area (Å²) in [6.07, 6.45) is -1.18. The predicted molar refractivity (Wildman–Crippen MR) is 69.4 cm³/mol. The van der Waals surface area contributed by atoms with Crippen molar-refractivity contribution in [3.63, 3.8) is 0 Å². The van der Waals surface area contributed by atoms with Gasteiger partial charge in [-0.2, -0.15) is 0 Å². The van der Waals surface area contributed by atoms with Gasteiger partial charge >= 0.3 is 0 Å². The topological polar surface area (TPSA) is 51.0 Å². The Morgan fingerprint density at radius 1 is 1.32 bits per heavy atom. The van der Waals surface area contributed by atoms with Crippen molar-refractivity contribution in [3.8, 4) is 0 Å². The zero-order valence-corrected chi connectivity index (χ0v) is 11.9. The molecule has 0 bridgehead atoms. The number of hydrogen-bond acceptors (Lipinski definition) is 4. The molecule has 0 saturated carbocycles. The Kier molecular flexibility index (Phi) is 5.02. The highest BCUT2D eigenvalue weighted by Gasteiger charge is 2.31. The summed E-state index contributed by atoms with van der Waals surface area (Å²) in [6.45, 7) is 1.75. The highest BCUT2D eigenvalue weighted by Crippen LogP contribution is 2.25. The number of aliphatic hydroxyl groups excluding tert-OH is 1. The first-order valence-electron chi connectivity index (χ1n) is 6.62. The van der Waals surface area contributed by atoms with Gasteiger partial charge in [0.2, 0.25) is 12.2 Å². The second kappa shape index (κ2) is 6.62. The second-order valence-corrected chi connectivity index (χ2v) is 5.02. The molecule has 1 aromatic rings. The Labute approximate surface area is 124 Å². The van der Waals surface area contributed by atoms with Crippen molar-refractivity contribution in [2.75, 3.05) is 7.11 Å². The molecule has 8 heteroatoms. The van der Waals surface area contributed by atoms with E-state index in [2.05, 4.69) is 4.99 Å². The highest BCUT2D eigenvalue weighted by atomic mass is 19.2. The van der Waals surface area contributed by atoms with E-state index < -0.39 is 47.1 Å². The molecular formula is C14H15F4NO3. The maximum atomic E-state index is 13.8. The van der Waals surface area contributed by atoms with Crippen LogP contribution in [0.3, 0.4) is 0 Å². The molecule has 1 aliphatic heterocycles. The third-order valence-corrected chi connectivity index (χ3v) is 3.35. The predicted octanol–water partition coefficient (Wildman–Crippen LogP) is 2.52. The van der Waals surface area contributed by atoms with Crippen LogP contribution in [0.4, 0.5) is 17.6 Å². The minimum Gasteiger partial charge on any atom is -0.448 e. The van der Waals surface area contributed by atoms with Crippen LogP contribution in [0.15, 0.2) is 11.1 Å². The maximum absolute atomic E-state index is 13.8. The van der Waals surface area contributed by atoms with E-state index in [1.807, 2.05) is 0 Å².